The average molecular weight is 253 g/mol. The van der Waals surface area contributed by atoms with E-state index in [1.165, 1.54) is 0 Å². The molecule has 0 aromatic carbocycles. The van der Waals surface area contributed by atoms with Crippen LogP contribution >= 0.6 is 0 Å². The van der Waals surface area contributed by atoms with Gasteiger partial charge in [0.25, 0.3) is 0 Å². The summed E-state index contributed by atoms with van der Waals surface area (Å²) >= 11 is 0. The number of piperidine rings is 2. The van der Waals surface area contributed by atoms with Gasteiger partial charge in [0, 0.05) is 12.6 Å². The topological polar surface area (TPSA) is 75.4 Å². The molecule has 2 heterocycles. The number of hydrogen-bond acceptors (Lipinski definition) is 3. The van der Waals surface area contributed by atoms with Crippen LogP contribution < -0.4 is 11.1 Å². The molecular formula is C13H23N3O2. The van der Waals surface area contributed by atoms with E-state index >= 15 is 0 Å². The Kier molecular flexibility index (Phi) is 4.22. The van der Waals surface area contributed by atoms with Gasteiger partial charge in [-0.1, -0.05) is 6.42 Å². The molecule has 3 atom stereocenters. The third-order valence-corrected chi connectivity index (χ3v) is 4.18. The number of nitrogens with one attached hydrogen (secondary N) is 1. The number of primary amides is 1. The van der Waals surface area contributed by atoms with E-state index in [9.17, 15) is 9.59 Å². The minimum Gasteiger partial charge on any atom is -0.369 e. The average Bonchev–Trinajstić information content (AvgIpc) is 2.39. The second kappa shape index (κ2) is 5.69. The van der Waals surface area contributed by atoms with Gasteiger partial charge in [0.15, 0.2) is 0 Å². The fraction of sp³-hybridized carbons (Fsp3) is 0.846. The van der Waals surface area contributed by atoms with Crippen molar-refractivity contribution in [2.24, 2.45) is 11.7 Å². The number of amides is 2. The minimum atomic E-state index is -0.281. The third-order valence-electron chi connectivity index (χ3n) is 4.18. The highest BCUT2D eigenvalue weighted by atomic mass is 16.2. The molecule has 0 aromatic rings. The Morgan fingerprint density at radius 3 is 2.61 bits per heavy atom. The van der Waals surface area contributed by atoms with E-state index in [0.717, 1.165) is 38.6 Å². The Hall–Kier alpha value is -1.10. The first-order valence-electron chi connectivity index (χ1n) is 6.92. The number of carbonyl (C=O) groups is 2. The van der Waals surface area contributed by atoms with Crippen molar-refractivity contribution in [1.29, 1.82) is 0 Å². The second-order valence-corrected chi connectivity index (χ2v) is 5.52. The smallest absolute Gasteiger partial charge is 0.239 e. The molecule has 0 aliphatic carbocycles. The van der Waals surface area contributed by atoms with Crippen molar-refractivity contribution in [3.8, 4) is 0 Å². The normalized spacial score (nSPS) is 33.2. The molecule has 3 N–H and O–H groups in total. The van der Waals surface area contributed by atoms with Crippen LogP contribution in [0.5, 0.6) is 0 Å². The van der Waals surface area contributed by atoms with E-state index in [0.29, 0.717) is 6.54 Å². The van der Waals surface area contributed by atoms with Crippen molar-refractivity contribution in [1.82, 2.24) is 10.2 Å². The maximum absolute atomic E-state index is 12.4. The van der Waals surface area contributed by atoms with Gasteiger partial charge in [-0.3, -0.25) is 9.59 Å². The summed E-state index contributed by atoms with van der Waals surface area (Å²) in [5, 5.41) is 3.27. The summed E-state index contributed by atoms with van der Waals surface area (Å²) in [6.45, 7) is 3.46. The van der Waals surface area contributed by atoms with Gasteiger partial charge in [-0.15, -0.1) is 0 Å². The summed E-state index contributed by atoms with van der Waals surface area (Å²) in [6.07, 6.45) is 4.82. The van der Waals surface area contributed by atoms with Crippen LogP contribution in [0.2, 0.25) is 0 Å². The summed E-state index contributed by atoms with van der Waals surface area (Å²) in [7, 11) is 0. The van der Waals surface area contributed by atoms with Gasteiger partial charge in [-0.25, -0.2) is 0 Å². The van der Waals surface area contributed by atoms with Gasteiger partial charge < -0.3 is 16.0 Å². The molecule has 0 aromatic heterocycles. The number of rotatable bonds is 2. The van der Waals surface area contributed by atoms with Crippen LogP contribution in [0.3, 0.4) is 0 Å². The first kappa shape index (κ1) is 13.3. The predicted molar refractivity (Wildman–Crippen MR) is 68.7 cm³/mol. The molecule has 18 heavy (non-hydrogen) atoms. The van der Waals surface area contributed by atoms with Crippen LogP contribution in [-0.2, 0) is 9.59 Å². The fourth-order valence-electron chi connectivity index (χ4n) is 2.91. The second-order valence-electron chi connectivity index (χ2n) is 5.52. The molecule has 0 bridgehead atoms. The summed E-state index contributed by atoms with van der Waals surface area (Å²) in [4.78, 5) is 25.6. The zero-order valence-electron chi connectivity index (χ0n) is 11.0. The van der Waals surface area contributed by atoms with Gasteiger partial charge in [-0.05, 0) is 39.2 Å². The van der Waals surface area contributed by atoms with Crippen LogP contribution in [0.25, 0.3) is 0 Å². The van der Waals surface area contributed by atoms with Crippen molar-refractivity contribution >= 4 is 11.8 Å². The van der Waals surface area contributed by atoms with Crippen LogP contribution in [0.4, 0.5) is 0 Å². The third kappa shape index (κ3) is 2.83. The quantitative estimate of drug-likeness (QED) is 0.740. The number of hydrogen-bond donors (Lipinski definition) is 2. The van der Waals surface area contributed by atoms with Crippen molar-refractivity contribution in [3.05, 3.63) is 0 Å². The van der Waals surface area contributed by atoms with E-state index in [2.05, 4.69) is 12.2 Å². The molecule has 2 unspecified atom stereocenters. The Balaban J connectivity index is 2.00. The number of carbonyl (C=O) groups excluding carboxylic acids is 2. The zero-order chi connectivity index (χ0) is 13.1. The maximum atomic E-state index is 12.4. The van der Waals surface area contributed by atoms with Crippen molar-refractivity contribution in [2.45, 2.75) is 51.1 Å². The number of nitrogens with two attached hydrogens (primary N) is 1. The van der Waals surface area contributed by atoms with Gasteiger partial charge >= 0.3 is 0 Å². The molecule has 2 saturated heterocycles. The lowest BCUT2D eigenvalue weighted by molar-refractivity contribution is -0.140. The predicted octanol–water partition coefficient (Wildman–Crippen LogP) is 0.241. The molecule has 2 fully saturated rings. The highest BCUT2D eigenvalue weighted by molar-refractivity contribution is 5.84. The monoisotopic (exact) mass is 253 g/mol. The van der Waals surface area contributed by atoms with E-state index in [4.69, 9.17) is 5.73 Å². The number of nitrogens with zero attached hydrogens (tertiary/aromatic N) is 1. The lowest BCUT2D eigenvalue weighted by Crippen LogP contribution is -2.55. The zero-order valence-corrected chi connectivity index (χ0v) is 11.0. The molecule has 5 nitrogen and oxygen atoms in total. The van der Waals surface area contributed by atoms with Gasteiger partial charge in [0.2, 0.25) is 11.8 Å². The molecular weight excluding hydrogens is 230 g/mol. The molecule has 2 aliphatic heterocycles. The Morgan fingerprint density at radius 2 is 2.00 bits per heavy atom. The van der Waals surface area contributed by atoms with Crippen LogP contribution in [0.15, 0.2) is 0 Å². The van der Waals surface area contributed by atoms with E-state index in [1.807, 2.05) is 4.90 Å². The summed E-state index contributed by atoms with van der Waals surface area (Å²) in [6, 6.07) is 0.157. The summed E-state index contributed by atoms with van der Waals surface area (Å²) in [5.41, 5.74) is 5.36. The van der Waals surface area contributed by atoms with Gasteiger partial charge in [-0.2, -0.15) is 0 Å². The molecule has 0 saturated carbocycles. The highest BCUT2D eigenvalue weighted by Gasteiger charge is 2.34. The van der Waals surface area contributed by atoms with E-state index < -0.39 is 0 Å². The number of likely N-dealkylation sites (tertiary alicyclic amines) is 1. The van der Waals surface area contributed by atoms with E-state index in [1.54, 1.807) is 0 Å². The minimum absolute atomic E-state index is 0.0622. The first-order chi connectivity index (χ1) is 8.59. The lowest BCUT2D eigenvalue weighted by atomic mass is 9.91. The molecule has 2 amide bonds. The van der Waals surface area contributed by atoms with Crippen molar-refractivity contribution in [2.75, 3.05) is 13.1 Å². The molecule has 102 valence electrons. The van der Waals surface area contributed by atoms with Crippen molar-refractivity contribution in [3.63, 3.8) is 0 Å². The molecule has 0 radical (unpaired) electrons. The first-order valence-corrected chi connectivity index (χ1v) is 6.92. The van der Waals surface area contributed by atoms with Gasteiger partial charge in [0.1, 0.15) is 0 Å². The fourth-order valence-corrected chi connectivity index (χ4v) is 2.91. The van der Waals surface area contributed by atoms with Crippen LogP contribution in [0, 0.1) is 5.92 Å². The molecule has 5 heteroatoms. The van der Waals surface area contributed by atoms with Crippen LogP contribution in [-0.4, -0.2) is 41.9 Å². The highest BCUT2D eigenvalue weighted by Crippen LogP contribution is 2.23. The SMILES string of the molecule is CC1CCC(C(N)=O)CN1C(=O)[C@@H]1CCCCN1. The van der Waals surface area contributed by atoms with E-state index in [-0.39, 0.29) is 29.8 Å². The largest absolute Gasteiger partial charge is 0.369 e. The standard InChI is InChI=1S/C13H23N3O2/c1-9-5-6-10(12(14)17)8-16(9)13(18)11-4-2-3-7-15-11/h9-11,15H,2-8H2,1H3,(H2,14,17)/t9?,10?,11-/m0/s1. The Bertz CT molecular complexity index is 326. The van der Waals surface area contributed by atoms with Crippen LogP contribution in [0.1, 0.15) is 39.0 Å². The summed E-state index contributed by atoms with van der Waals surface area (Å²) in [5.74, 6) is -0.307. The Morgan fingerprint density at radius 1 is 1.22 bits per heavy atom. The summed E-state index contributed by atoms with van der Waals surface area (Å²) < 4.78 is 0. The van der Waals surface area contributed by atoms with Crippen molar-refractivity contribution < 1.29 is 9.59 Å². The molecule has 2 aliphatic rings. The van der Waals surface area contributed by atoms with Gasteiger partial charge in [0.05, 0.1) is 12.0 Å². The lowest BCUT2D eigenvalue weighted by Gasteiger charge is -2.39. The Labute approximate surface area is 108 Å². The molecule has 0 spiro atoms. The maximum Gasteiger partial charge on any atom is 0.239 e. The molecule has 2 rings (SSSR count).